The Hall–Kier alpha value is -0.650. The highest BCUT2D eigenvalue weighted by Gasteiger charge is 2.20. The molecule has 0 aliphatic rings. The van der Waals surface area contributed by atoms with Gasteiger partial charge in [-0.15, -0.1) is 0 Å². The Kier molecular flexibility index (Phi) is 6.23. The van der Waals surface area contributed by atoms with Gasteiger partial charge in [-0.05, 0) is 45.6 Å². The average Bonchev–Trinajstić information content (AvgIpc) is 2.40. The molecule has 0 radical (unpaired) electrons. The van der Waals surface area contributed by atoms with Crippen LogP contribution >= 0.6 is 11.8 Å². The van der Waals surface area contributed by atoms with Gasteiger partial charge in [0.25, 0.3) is 0 Å². The second-order valence-corrected chi connectivity index (χ2v) is 6.19. The number of aryl methyl sites for hydroxylation is 2. The lowest BCUT2D eigenvalue weighted by Crippen LogP contribution is -2.42. The lowest BCUT2D eigenvalue weighted by atomic mass is 9.93. The molecule has 0 spiro atoms. The van der Waals surface area contributed by atoms with Crippen LogP contribution in [0.5, 0.6) is 0 Å². The van der Waals surface area contributed by atoms with Gasteiger partial charge in [-0.25, -0.2) is 9.97 Å². The number of aromatic nitrogens is 2. The van der Waals surface area contributed by atoms with E-state index in [1.165, 1.54) is 0 Å². The summed E-state index contributed by atoms with van der Waals surface area (Å²) in [6.07, 6.45) is 2.59. The molecule has 1 unspecified atom stereocenters. The number of rotatable bonds is 7. The van der Waals surface area contributed by atoms with E-state index >= 15 is 0 Å². The number of aliphatic hydroxyl groups excluding tert-OH is 1. The molecule has 1 rings (SSSR count). The number of nitrogens with two attached hydrogens (primary N) is 1. The first-order chi connectivity index (χ1) is 8.91. The highest BCUT2D eigenvalue weighted by Crippen LogP contribution is 2.21. The minimum absolute atomic E-state index is 0.0490. The minimum atomic E-state index is -0.430. The van der Waals surface area contributed by atoms with E-state index in [0.717, 1.165) is 47.1 Å². The van der Waals surface area contributed by atoms with E-state index in [0.29, 0.717) is 0 Å². The van der Waals surface area contributed by atoms with Crippen LogP contribution in [0.15, 0.2) is 5.16 Å². The summed E-state index contributed by atoms with van der Waals surface area (Å²) in [4.78, 5) is 8.96. The fourth-order valence-electron chi connectivity index (χ4n) is 1.76. The second kappa shape index (κ2) is 7.22. The molecule has 0 aliphatic carbocycles. The van der Waals surface area contributed by atoms with E-state index in [1.54, 1.807) is 11.8 Å². The van der Waals surface area contributed by atoms with Crippen molar-refractivity contribution in [3.63, 3.8) is 0 Å². The van der Waals surface area contributed by atoms with Crippen LogP contribution in [0.1, 0.15) is 43.1 Å². The summed E-state index contributed by atoms with van der Waals surface area (Å²) in [6.45, 7) is 8.14. The van der Waals surface area contributed by atoms with E-state index in [4.69, 9.17) is 5.73 Å². The summed E-state index contributed by atoms with van der Waals surface area (Å²) in [6, 6.07) is 0. The Morgan fingerprint density at radius 2 is 1.79 bits per heavy atom. The van der Waals surface area contributed by atoms with Crippen LogP contribution in [0.4, 0.5) is 0 Å². The van der Waals surface area contributed by atoms with Crippen LogP contribution in [-0.2, 0) is 0 Å². The molecule has 0 bridgehead atoms. The standard InChI is InChI=1S/C14H25N3OS/c1-5-14(15,9-18)7-6-8-19-13-16-11(3)10(2)12(4)17-13/h18H,5-9,15H2,1-4H3. The molecule has 0 fully saturated rings. The van der Waals surface area contributed by atoms with E-state index in [2.05, 4.69) is 9.97 Å². The second-order valence-electron chi connectivity index (χ2n) is 5.13. The molecule has 0 aliphatic heterocycles. The fraction of sp³-hybridized carbons (Fsp3) is 0.714. The van der Waals surface area contributed by atoms with Crippen LogP contribution in [0.25, 0.3) is 0 Å². The normalized spacial score (nSPS) is 14.4. The molecule has 1 heterocycles. The maximum absolute atomic E-state index is 9.25. The first-order valence-corrected chi connectivity index (χ1v) is 7.75. The predicted molar refractivity (Wildman–Crippen MR) is 80.5 cm³/mol. The topological polar surface area (TPSA) is 72.0 Å². The van der Waals surface area contributed by atoms with Crippen molar-refractivity contribution in [1.82, 2.24) is 9.97 Å². The van der Waals surface area contributed by atoms with Crippen LogP contribution < -0.4 is 5.73 Å². The van der Waals surface area contributed by atoms with Crippen molar-refractivity contribution < 1.29 is 5.11 Å². The average molecular weight is 283 g/mol. The molecule has 5 heteroatoms. The van der Waals surface area contributed by atoms with Crippen molar-refractivity contribution in [3.8, 4) is 0 Å². The smallest absolute Gasteiger partial charge is 0.187 e. The number of aliphatic hydroxyl groups is 1. The highest BCUT2D eigenvalue weighted by atomic mass is 32.2. The molecule has 1 aromatic rings. The van der Waals surface area contributed by atoms with Gasteiger partial charge in [0.2, 0.25) is 0 Å². The monoisotopic (exact) mass is 283 g/mol. The zero-order chi connectivity index (χ0) is 14.5. The summed E-state index contributed by atoms with van der Waals surface area (Å²) in [5, 5.41) is 10.1. The van der Waals surface area contributed by atoms with Crippen molar-refractivity contribution in [2.24, 2.45) is 5.73 Å². The lowest BCUT2D eigenvalue weighted by molar-refractivity contribution is 0.182. The lowest BCUT2D eigenvalue weighted by Gasteiger charge is -2.25. The number of thioether (sulfide) groups is 1. The summed E-state index contributed by atoms with van der Waals surface area (Å²) < 4.78 is 0. The van der Waals surface area contributed by atoms with E-state index < -0.39 is 5.54 Å². The molecule has 0 saturated carbocycles. The Morgan fingerprint density at radius 1 is 1.21 bits per heavy atom. The molecule has 19 heavy (non-hydrogen) atoms. The van der Waals surface area contributed by atoms with Crippen molar-refractivity contribution in [2.45, 2.75) is 57.7 Å². The first-order valence-electron chi connectivity index (χ1n) is 6.76. The Balaban J connectivity index is 2.46. The van der Waals surface area contributed by atoms with E-state index in [9.17, 15) is 5.11 Å². The fourth-order valence-corrected chi connectivity index (χ4v) is 2.64. The van der Waals surface area contributed by atoms with Crippen LogP contribution in [-0.4, -0.2) is 33.0 Å². The van der Waals surface area contributed by atoms with Crippen LogP contribution in [0.2, 0.25) is 0 Å². The Bertz CT molecular complexity index is 396. The molecule has 3 N–H and O–H groups in total. The zero-order valence-corrected chi connectivity index (χ0v) is 13.2. The number of hydrogen-bond acceptors (Lipinski definition) is 5. The summed E-state index contributed by atoms with van der Waals surface area (Å²) in [7, 11) is 0. The number of hydrogen-bond donors (Lipinski definition) is 2. The van der Waals surface area contributed by atoms with Crippen molar-refractivity contribution in [2.75, 3.05) is 12.4 Å². The summed E-state index contributed by atoms with van der Waals surface area (Å²) >= 11 is 1.66. The maximum Gasteiger partial charge on any atom is 0.187 e. The van der Waals surface area contributed by atoms with Gasteiger partial charge in [0.1, 0.15) is 0 Å². The van der Waals surface area contributed by atoms with Crippen LogP contribution in [0.3, 0.4) is 0 Å². The van der Waals surface area contributed by atoms with Crippen LogP contribution in [0, 0.1) is 20.8 Å². The minimum Gasteiger partial charge on any atom is -0.394 e. The maximum atomic E-state index is 9.25. The van der Waals surface area contributed by atoms with Gasteiger partial charge < -0.3 is 10.8 Å². The van der Waals surface area contributed by atoms with E-state index in [1.807, 2.05) is 27.7 Å². The molecule has 108 valence electrons. The molecule has 0 amide bonds. The molecule has 0 aromatic carbocycles. The molecule has 1 aromatic heterocycles. The van der Waals surface area contributed by atoms with Gasteiger partial charge in [-0.1, -0.05) is 18.7 Å². The highest BCUT2D eigenvalue weighted by molar-refractivity contribution is 7.99. The summed E-state index contributed by atoms with van der Waals surface area (Å²) in [5.74, 6) is 0.931. The predicted octanol–water partition coefficient (Wildman–Crippen LogP) is 2.37. The largest absolute Gasteiger partial charge is 0.394 e. The third kappa shape index (κ3) is 4.75. The third-order valence-electron chi connectivity index (χ3n) is 3.68. The van der Waals surface area contributed by atoms with Gasteiger partial charge >= 0.3 is 0 Å². The molecular formula is C14H25N3OS. The summed E-state index contributed by atoms with van der Waals surface area (Å²) in [5.41, 5.74) is 8.88. The van der Waals surface area contributed by atoms with Gasteiger partial charge in [0.05, 0.1) is 6.61 Å². The van der Waals surface area contributed by atoms with Crippen molar-refractivity contribution >= 4 is 11.8 Å². The quantitative estimate of drug-likeness (QED) is 0.456. The van der Waals surface area contributed by atoms with Gasteiger partial charge in [0.15, 0.2) is 5.16 Å². The molecular weight excluding hydrogens is 258 g/mol. The first kappa shape index (κ1) is 16.4. The SMILES string of the molecule is CCC(N)(CO)CCCSc1nc(C)c(C)c(C)n1. The third-order valence-corrected chi connectivity index (χ3v) is 4.61. The molecule has 4 nitrogen and oxygen atoms in total. The van der Waals surface area contributed by atoms with E-state index in [-0.39, 0.29) is 6.61 Å². The molecule has 0 saturated heterocycles. The zero-order valence-electron chi connectivity index (χ0n) is 12.4. The van der Waals surface area contributed by atoms with Crippen molar-refractivity contribution in [3.05, 3.63) is 17.0 Å². The Labute approximate surface area is 120 Å². The number of nitrogens with zero attached hydrogens (tertiary/aromatic N) is 2. The van der Waals surface area contributed by atoms with Gasteiger partial charge in [-0.2, -0.15) is 0 Å². The van der Waals surface area contributed by atoms with Crippen molar-refractivity contribution in [1.29, 1.82) is 0 Å². The van der Waals surface area contributed by atoms with Gasteiger partial charge in [-0.3, -0.25) is 0 Å². The van der Waals surface area contributed by atoms with Gasteiger partial charge in [0, 0.05) is 22.7 Å². The Morgan fingerprint density at radius 3 is 2.26 bits per heavy atom. The molecule has 1 atom stereocenters.